The summed E-state index contributed by atoms with van der Waals surface area (Å²) in [7, 11) is 4.78. The van der Waals surface area contributed by atoms with Gasteiger partial charge in [-0.15, -0.1) is 0 Å². The summed E-state index contributed by atoms with van der Waals surface area (Å²) in [6.45, 7) is 0.349. The molecule has 2 amide bonds. The van der Waals surface area contributed by atoms with Crippen molar-refractivity contribution in [2.45, 2.75) is 11.3 Å². The fourth-order valence-corrected chi connectivity index (χ4v) is 5.54. The van der Waals surface area contributed by atoms with Gasteiger partial charge in [-0.2, -0.15) is 0 Å². The monoisotopic (exact) mass is 582 g/mol. The Bertz CT molecular complexity index is 1340. The van der Waals surface area contributed by atoms with Gasteiger partial charge < -0.3 is 19.5 Å². The van der Waals surface area contributed by atoms with Crippen LogP contribution in [0.2, 0.25) is 0 Å². The SMILES string of the molecule is COc1ccc(C=C2Sc3ccccc3N(CC(=O)NCCc3ccc(OC)c(OC)c3)C2=O)cc1Br. The number of methoxy groups -OCH3 is 3. The molecular formula is C28H27BrN2O5S. The molecule has 0 radical (unpaired) electrons. The van der Waals surface area contributed by atoms with Gasteiger partial charge in [0.15, 0.2) is 11.5 Å². The number of para-hydroxylation sites is 1. The molecule has 0 atom stereocenters. The Balaban J connectivity index is 1.46. The first kappa shape index (κ1) is 26.6. The van der Waals surface area contributed by atoms with Gasteiger partial charge in [-0.05, 0) is 76.0 Å². The highest BCUT2D eigenvalue weighted by Gasteiger charge is 2.30. The van der Waals surface area contributed by atoms with E-state index in [4.69, 9.17) is 14.2 Å². The third-order valence-corrected chi connectivity index (χ3v) is 7.49. The molecular weight excluding hydrogens is 556 g/mol. The molecule has 4 rings (SSSR count). The molecule has 3 aromatic rings. The molecule has 0 spiro atoms. The molecule has 0 aromatic heterocycles. The topological polar surface area (TPSA) is 77.1 Å². The van der Waals surface area contributed by atoms with Crippen LogP contribution < -0.4 is 24.4 Å². The predicted molar refractivity (Wildman–Crippen MR) is 150 cm³/mol. The predicted octanol–water partition coefficient (Wildman–Crippen LogP) is 5.31. The maximum Gasteiger partial charge on any atom is 0.265 e. The highest BCUT2D eigenvalue weighted by molar-refractivity contribution is 9.10. The summed E-state index contributed by atoms with van der Waals surface area (Å²) in [6, 6.07) is 18.9. The second-order valence-electron chi connectivity index (χ2n) is 8.15. The number of carbonyl (C=O) groups excluding carboxylic acids is 2. The minimum atomic E-state index is -0.234. The summed E-state index contributed by atoms with van der Waals surface area (Å²) in [5, 5.41) is 2.93. The number of rotatable bonds is 9. The molecule has 9 heteroatoms. The molecule has 0 saturated heterocycles. The van der Waals surface area contributed by atoms with Gasteiger partial charge in [0, 0.05) is 11.4 Å². The van der Waals surface area contributed by atoms with Crippen LogP contribution in [0.3, 0.4) is 0 Å². The van der Waals surface area contributed by atoms with Crippen molar-refractivity contribution in [1.29, 1.82) is 0 Å². The summed E-state index contributed by atoms with van der Waals surface area (Å²) in [4.78, 5) is 29.3. The number of nitrogens with one attached hydrogen (secondary N) is 1. The third kappa shape index (κ3) is 6.29. The number of nitrogens with zero attached hydrogens (tertiary/aromatic N) is 1. The van der Waals surface area contributed by atoms with Crippen LogP contribution in [0, 0.1) is 0 Å². The molecule has 1 aliphatic rings. The number of amides is 2. The number of benzene rings is 3. The quantitative estimate of drug-likeness (QED) is 0.344. The molecule has 0 bridgehead atoms. The first-order valence-electron chi connectivity index (χ1n) is 11.5. The van der Waals surface area contributed by atoms with Gasteiger partial charge in [0.05, 0.1) is 36.4 Å². The number of ether oxygens (including phenoxy) is 3. The molecule has 0 fully saturated rings. The number of halogens is 1. The van der Waals surface area contributed by atoms with E-state index in [-0.39, 0.29) is 18.4 Å². The van der Waals surface area contributed by atoms with Gasteiger partial charge in [0.25, 0.3) is 5.91 Å². The Morgan fingerprint density at radius 1 is 0.973 bits per heavy atom. The number of fused-ring (bicyclic) bond motifs is 1. The zero-order chi connectivity index (χ0) is 26.4. The average Bonchev–Trinajstić information content (AvgIpc) is 2.91. The van der Waals surface area contributed by atoms with Crippen molar-refractivity contribution in [3.8, 4) is 17.2 Å². The average molecular weight is 584 g/mol. The van der Waals surface area contributed by atoms with Crippen LogP contribution >= 0.6 is 27.7 Å². The maximum atomic E-state index is 13.5. The van der Waals surface area contributed by atoms with Gasteiger partial charge in [-0.3, -0.25) is 14.5 Å². The summed E-state index contributed by atoms with van der Waals surface area (Å²) in [5.41, 5.74) is 2.58. The highest BCUT2D eigenvalue weighted by atomic mass is 79.9. The Labute approximate surface area is 228 Å². The molecule has 192 valence electrons. The fourth-order valence-electron chi connectivity index (χ4n) is 3.92. The van der Waals surface area contributed by atoms with E-state index < -0.39 is 0 Å². The summed E-state index contributed by atoms with van der Waals surface area (Å²) < 4.78 is 16.7. The normalized spacial score (nSPS) is 13.8. The van der Waals surface area contributed by atoms with Crippen molar-refractivity contribution in [3.63, 3.8) is 0 Å². The van der Waals surface area contributed by atoms with E-state index in [2.05, 4.69) is 21.2 Å². The number of thioether (sulfide) groups is 1. The maximum absolute atomic E-state index is 13.5. The van der Waals surface area contributed by atoms with Gasteiger partial charge in [0.1, 0.15) is 12.3 Å². The van der Waals surface area contributed by atoms with Crippen LogP contribution in [0.15, 0.2) is 74.9 Å². The molecule has 1 N–H and O–H groups in total. The van der Waals surface area contributed by atoms with Crippen LogP contribution in [0.1, 0.15) is 11.1 Å². The molecule has 37 heavy (non-hydrogen) atoms. The van der Waals surface area contributed by atoms with E-state index >= 15 is 0 Å². The van der Waals surface area contributed by atoms with Crippen LogP contribution in [0.4, 0.5) is 5.69 Å². The Hall–Kier alpha value is -3.43. The van der Waals surface area contributed by atoms with E-state index in [0.717, 1.165) is 26.2 Å². The van der Waals surface area contributed by atoms with E-state index in [1.54, 1.807) is 21.3 Å². The number of hydrogen-bond donors (Lipinski definition) is 1. The lowest BCUT2D eigenvalue weighted by Crippen LogP contribution is -2.43. The molecule has 3 aromatic carbocycles. The number of hydrogen-bond acceptors (Lipinski definition) is 6. The van der Waals surface area contributed by atoms with Gasteiger partial charge in [-0.1, -0.05) is 36.0 Å². The zero-order valence-corrected chi connectivity index (χ0v) is 23.1. The van der Waals surface area contributed by atoms with Crippen LogP contribution in [-0.2, 0) is 16.0 Å². The van der Waals surface area contributed by atoms with E-state index in [1.807, 2.05) is 66.7 Å². The summed E-state index contributed by atoms with van der Waals surface area (Å²) in [6.07, 6.45) is 2.44. The first-order valence-corrected chi connectivity index (χ1v) is 13.2. The molecule has 0 saturated carbocycles. The second-order valence-corrected chi connectivity index (χ2v) is 10.1. The molecule has 1 heterocycles. The van der Waals surface area contributed by atoms with E-state index in [0.29, 0.717) is 35.1 Å². The van der Waals surface area contributed by atoms with Crippen molar-refractivity contribution < 1.29 is 23.8 Å². The molecule has 0 aliphatic carbocycles. The van der Waals surface area contributed by atoms with Crippen molar-refractivity contribution in [2.24, 2.45) is 0 Å². The van der Waals surface area contributed by atoms with Crippen LogP contribution in [0.25, 0.3) is 6.08 Å². The highest BCUT2D eigenvalue weighted by Crippen LogP contribution is 2.42. The van der Waals surface area contributed by atoms with Gasteiger partial charge in [-0.25, -0.2) is 0 Å². The minimum Gasteiger partial charge on any atom is -0.496 e. The van der Waals surface area contributed by atoms with Crippen molar-refractivity contribution in [3.05, 3.63) is 81.2 Å². The zero-order valence-electron chi connectivity index (χ0n) is 20.7. The van der Waals surface area contributed by atoms with Crippen LogP contribution in [0.5, 0.6) is 17.2 Å². The van der Waals surface area contributed by atoms with Crippen molar-refractivity contribution in [2.75, 3.05) is 39.3 Å². The fraction of sp³-hybridized carbons (Fsp3) is 0.214. The van der Waals surface area contributed by atoms with Crippen LogP contribution in [-0.4, -0.2) is 46.2 Å². The molecule has 1 aliphatic heterocycles. The minimum absolute atomic E-state index is 0.0774. The standard InChI is InChI=1S/C28H27BrN2O5S/c1-34-22-10-9-19(14-20(22)29)16-26-28(33)31(21-6-4-5-7-25(21)37-26)17-27(32)30-13-12-18-8-11-23(35-2)24(15-18)36-3/h4-11,14-16H,12-13,17H2,1-3H3,(H,30,32). The van der Waals surface area contributed by atoms with Crippen molar-refractivity contribution in [1.82, 2.24) is 5.32 Å². The largest absolute Gasteiger partial charge is 0.496 e. The molecule has 7 nitrogen and oxygen atoms in total. The smallest absolute Gasteiger partial charge is 0.265 e. The third-order valence-electron chi connectivity index (χ3n) is 5.79. The Kier molecular flexibility index (Phi) is 8.78. The van der Waals surface area contributed by atoms with E-state index in [1.165, 1.54) is 16.7 Å². The number of anilines is 1. The Morgan fingerprint density at radius 3 is 2.43 bits per heavy atom. The lowest BCUT2D eigenvalue weighted by Gasteiger charge is -2.29. The summed E-state index contributed by atoms with van der Waals surface area (Å²) >= 11 is 4.89. The number of carbonyl (C=O) groups is 2. The second kappa shape index (κ2) is 12.2. The lowest BCUT2D eigenvalue weighted by atomic mass is 10.1. The van der Waals surface area contributed by atoms with Gasteiger partial charge >= 0.3 is 0 Å². The first-order chi connectivity index (χ1) is 17.9. The van der Waals surface area contributed by atoms with Crippen molar-refractivity contribution >= 4 is 51.3 Å². The summed E-state index contributed by atoms with van der Waals surface area (Å²) in [5.74, 6) is 1.55. The Morgan fingerprint density at radius 2 is 1.70 bits per heavy atom. The van der Waals surface area contributed by atoms with E-state index in [9.17, 15) is 9.59 Å². The lowest BCUT2D eigenvalue weighted by molar-refractivity contribution is -0.122. The van der Waals surface area contributed by atoms with Gasteiger partial charge in [0.2, 0.25) is 5.91 Å². The molecule has 0 unspecified atom stereocenters.